The molecule has 0 spiro atoms. The molecular formula is C16H19NO2S2. The van der Waals surface area contributed by atoms with Gasteiger partial charge in [0.05, 0.1) is 4.90 Å². The quantitative estimate of drug-likeness (QED) is 0.771. The van der Waals surface area contributed by atoms with Gasteiger partial charge in [0.1, 0.15) is 5.40 Å². The van der Waals surface area contributed by atoms with Crippen molar-refractivity contribution < 1.29 is 8.42 Å². The second-order valence-corrected chi connectivity index (χ2v) is 8.06. The van der Waals surface area contributed by atoms with Gasteiger partial charge in [-0.3, -0.25) is 0 Å². The molecule has 0 atom stereocenters. The van der Waals surface area contributed by atoms with Gasteiger partial charge in [-0.05, 0) is 49.6 Å². The molecule has 1 aromatic rings. The van der Waals surface area contributed by atoms with Crippen molar-refractivity contribution in [2.75, 3.05) is 0 Å². The molecule has 1 aliphatic carbocycles. The summed E-state index contributed by atoms with van der Waals surface area (Å²) in [6.07, 6.45) is 5.37. The number of hydrogen-bond acceptors (Lipinski definition) is 4. The van der Waals surface area contributed by atoms with Gasteiger partial charge < -0.3 is 0 Å². The van der Waals surface area contributed by atoms with Crippen molar-refractivity contribution in [1.29, 1.82) is 5.26 Å². The number of aryl methyl sites for hydroxylation is 1. The highest BCUT2D eigenvalue weighted by molar-refractivity contribution is 8.08. The Kier molecular flexibility index (Phi) is 5.49. The minimum atomic E-state index is -3.48. The SMILES string of the molecule is Cc1ccc(S(=O)(=O)/C=C(/SC#N)C2CCCCC2)cc1. The van der Waals surface area contributed by atoms with Gasteiger partial charge in [-0.2, -0.15) is 5.26 Å². The van der Waals surface area contributed by atoms with Crippen LogP contribution < -0.4 is 0 Å². The van der Waals surface area contributed by atoms with Crippen molar-refractivity contribution in [1.82, 2.24) is 0 Å². The average molecular weight is 321 g/mol. The van der Waals surface area contributed by atoms with Gasteiger partial charge in [-0.1, -0.05) is 37.0 Å². The Hall–Kier alpha value is -1.25. The monoisotopic (exact) mass is 321 g/mol. The standard InChI is InChI=1S/C16H19NO2S2/c1-13-7-9-15(10-8-13)21(18,19)11-16(20-12-17)14-5-3-2-4-6-14/h7-11,14H,2-6H2,1H3/b16-11+. The molecule has 2 rings (SSSR count). The topological polar surface area (TPSA) is 57.9 Å². The Morgan fingerprint density at radius 3 is 2.43 bits per heavy atom. The Balaban J connectivity index is 2.31. The molecule has 5 heteroatoms. The van der Waals surface area contributed by atoms with E-state index in [1.54, 1.807) is 24.3 Å². The molecule has 0 aliphatic heterocycles. The maximum atomic E-state index is 12.5. The third kappa shape index (κ3) is 4.36. The summed E-state index contributed by atoms with van der Waals surface area (Å²) in [5, 5.41) is 12.3. The van der Waals surface area contributed by atoms with E-state index >= 15 is 0 Å². The van der Waals surface area contributed by atoms with Gasteiger partial charge in [0, 0.05) is 10.3 Å². The van der Waals surface area contributed by atoms with E-state index in [0.29, 0.717) is 9.80 Å². The zero-order chi connectivity index (χ0) is 15.3. The number of allylic oxidation sites excluding steroid dienone is 1. The van der Waals surface area contributed by atoms with Gasteiger partial charge in [0.25, 0.3) is 0 Å². The predicted octanol–water partition coefficient (Wildman–Crippen LogP) is 4.40. The molecule has 0 saturated heterocycles. The Bertz CT molecular complexity index is 649. The van der Waals surface area contributed by atoms with Gasteiger partial charge in [-0.15, -0.1) is 0 Å². The fraction of sp³-hybridized carbons (Fsp3) is 0.438. The normalized spacial score (nSPS) is 17.4. The number of nitriles is 1. The van der Waals surface area contributed by atoms with E-state index in [4.69, 9.17) is 5.26 Å². The van der Waals surface area contributed by atoms with Crippen molar-refractivity contribution in [2.45, 2.75) is 43.9 Å². The summed E-state index contributed by atoms with van der Waals surface area (Å²) in [6.45, 7) is 1.92. The first-order valence-electron chi connectivity index (χ1n) is 7.12. The number of nitrogens with zero attached hydrogens (tertiary/aromatic N) is 1. The molecule has 0 radical (unpaired) electrons. The van der Waals surface area contributed by atoms with Crippen molar-refractivity contribution >= 4 is 21.6 Å². The first-order chi connectivity index (χ1) is 10.0. The second kappa shape index (κ2) is 7.15. The summed E-state index contributed by atoms with van der Waals surface area (Å²) in [6, 6.07) is 6.82. The van der Waals surface area contributed by atoms with Crippen LogP contribution in [0.25, 0.3) is 0 Å². The third-order valence-electron chi connectivity index (χ3n) is 3.79. The van der Waals surface area contributed by atoms with E-state index < -0.39 is 9.84 Å². The Morgan fingerprint density at radius 1 is 1.24 bits per heavy atom. The molecule has 112 valence electrons. The lowest BCUT2D eigenvalue weighted by Gasteiger charge is -2.22. The summed E-state index contributed by atoms with van der Waals surface area (Å²) in [4.78, 5) is 0.984. The number of thiocyanates is 1. The molecule has 0 bridgehead atoms. The van der Waals surface area contributed by atoms with E-state index in [1.807, 2.05) is 12.3 Å². The molecule has 1 saturated carbocycles. The van der Waals surface area contributed by atoms with Gasteiger partial charge in [0.2, 0.25) is 9.84 Å². The van der Waals surface area contributed by atoms with Crippen molar-refractivity contribution in [3.8, 4) is 5.40 Å². The van der Waals surface area contributed by atoms with E-state index in [9.17, 15) is 8.42 Å². The maximum absolute atomic E-state index is 12.5. The maximum Gasteiger partial charge on any atom is 0.200 e. The lowest BCUT2D eigenvalue weighted by Crippen LogP contribution is -2.09. The van der Waals surface area contributed by atoms with E-state index in [0.717, 1.165) is 43.0 Å². The van der Waals surface area contributed by atoms with Gasteiger partial charge in [0.15, 0.2) is 0 Å². The van der Waals surface area contributed by atoms with Crippen LogP contribution in [0.5, 0.6) is 0 Å². The predicted molar refractivity (Wildman–Crippen MR) is 86.2 cm³/mol. The molecule has 1 aromatic carbocycles. The third-order valence-corrected chi connectivity index (χ3v) is 6.21. The minimum Gasteiger partial charge on any atom is -0.219 e. The van der Waals surface area contributed by atoms with Crippen molar-refractivity contribution in [3.63, 3.8) is 0 Å². The summed E-state index contributed by atoms with van der Waals surface area (Å²) >= 11 is 0.995. The van der Waals surface area contributed by atoms with Crippen LogP contribution in [-0.4, -0.2) is 8.42 Å². The molecule has 0 heterocycles. The van der Waals surface area contributed by atoms with Crippen LogP contribution in [-0.2, 0) is 9.84 Å². The van der Waals surface area contributed by atoms with Crippen molar-refractivity contribution in [3.05, 3.63) is 40.1 Å². The fourth-order valence-electron chi connectivity index (χ4n) is 2.59. The number of hydrogen-bond donors (Lipinski definition) is 0. The highest BCUT2D eigenvalue weighted by atomic mass is 32.2. The number of rotatable bonds is 4. The summed E-state index contributed by atoms with van der Waals surface area (Å²) in [7, 11) is -3.48. The fourth-order valence-corrected chi connectivity index (χ4v) is 4.82. The lowest BCUT2D eigenvalue weighted by molar-refractivity contribution is 0.415. The molecule has 3 nitrogen and oxygen atoms in total. The van der Waals surface area contributed by atoms with Crippen LogP contribution in [0.4, 0.5) is 0 Å². The van der Waals surface area contributed by atoms with Crippen LogP contribution in [0, 0.1) is 23.5 Å². The molecule has 1 aliphatic rings. The Morgan fingerprint density at radius 2 is 1.86 bits per heavy atom. The number of benzene rings is 1. The highest BCUT2D eigenvalue weighted by Crippen LogP contribution is 2.36. The Labute approximate surface area is 131 Å². The number of sulfone groups is 1. The number of thioether (sulfide) groups is 1. The summed E-state index contributed by atoms with van der Waals surface area (Å²) in [5.74, 6) is 0.212. The molecule has 0 N–H and O–H groups in total. The molecule has 1 fully saturated rings. The van der Waals surface area contributed by atoms with Crippen molar-refractivity contribution in [2.24, 2.45) is 5.92 Å². The largest absolute Gasteiger partial charge is 0.219 e. The highest BCUT2D eigenvalue weighted by Gasteiger charge is 2.22. The average Bonchev–Trinajstić information content (AvgIpc) is 2.48. The molecule has 21 heavy (non-hydrogen) atoms. The van der Waals surface area contributed by atoms with E-state index in [1.165, 1.54) is 11.8 Å². The van der Waals surface area contributed by atoms with E-state index in [-0.39, 0.29) is 5.92 Å². The molecule has 0 aromatic heterocycles. The van der Waals surface area contributed by atoms with E-state index in [2.05, 4.69) is 0 Å². The summed E-state index contributed by atoms with van der Waals surface area (Å²) in [5.41, 5.74) is 1.02. The van der Waals surface area contributed by atoms with Crippen LogP contribution >= 0.6 is 11.8 Å². The minimum absolute atomic E-state index is 0.212. The zero-order valence-corrected chi connectivity index (χ0v) is 13.7. The first-order valence-corrected chi connectivity index (χ1v) is 9.48. The smallest absolute Gasteiger partial charge is 0.200 e. The zero-order valence-electron chi connectivity index (χ0n) is 12.1. The van der Waals surface area contributed by atoms with Crippen LogP contribution in [0.3, 0.4) is 0 Å². The molecule has 0 amide bonds. The molecular weight excluding hydrogens is 302 g/mol. The van der Waals surface area contributed by atoms with Crippen LogP contribution in [0.2, 0.25) is 0 Å². The summed E-state index contributed by atoms with van der Waals surface area (Å²) < 4.78 is 24.9. The molecule has 0 unspecified atom stereocenters. The van der Waals surface area contributed by atoms with Gasteiger partial charge in [-0.25, -0.2) is 8.42 Å². The van der Waals surface area contributed by atoms with Gasteiger partial charge >= 0.3 is 0 Å². The van der Waals surface area contributed by atoms with Crippen LogP contribution in [0.15, 0.2) is 39.5 Å². The first kappa shape index (κ1) is 16.1. The van der Waals surface area contributed by atoms with Crippen LogP contribution in [0.1, 0.15) is 37.7 Å². The second-order valence-electron chi connectivity index (χ2n) is 5.41. The lowest BCUT2D eigenvalue weighted by atomic mass is 9.89.